The summed E-state index contributed by atoms with van der Waals surface area (Å²) >= 11 is 1.79. The van der Waals surface area contributed by atoms with Crippen LogP contribution in [-0.4, -0.2) is 17.8 Å². The molecular formula is C16H22O2S. The van der Waals surface area contributed by atoms with Crippen molar-refractivity contribution in [3.63, 3.8) is 0 Å². The van der Waals surface area contributed by atoms with E-state index in [-0.39, 0.29) is 11.2 Å². The fourth-order valence-electron chi connectivity index (χ4n) is 2.51. The molecule has 1 saturated carbocycles. The van der Waals surface area contributed by atoms with E-state index in [0.29, 0.717) is 11.9 Å². The Morgan fingerprint density at radius 1 is 1.26 bits per heavy atom. The summed E-state index contributed by atoms with van der Waals surface area (Å²) in [6, 6.07) is 10.0. The van der Waals surface area contributed by atoms with Crippen LogP contribution in [0.4, 0.5) is 0 Å². The van der Waals surface area contributed by atoms with Crippen LogP contribution in [0.2, 0.25) is 0 Å². The summed E-state index contributed by atoms with van der Waals surface area (Å²) in [6.07, 6.45) is 6.39. The Morgan fingerprint density at radius 2 is 1.95 bits per heavy atom. The first-order chi connectivity index (χ1) is 9.31. The van der Waals surface area contributed by atoms with E-state index in [9.17, 15) is 4.79 Å². The highest BCUT2D eigenvalue weighted by atomic mass is 32.2. The third-order valence-electron chi connectivity index (χ3n) is 3.48. The van der Waals surface area contributed by atoms with Gasteiger partial charge in [0.2, 0.25) is 0 Å². The molecule has 0 spiro atoms. The van der Waals surface area contributed by atoms with Crippen LogP contribution in [0.25, 0.3) is 0 Å². The third-order valence-corrected chi connectivity index (χ3v) is 5.08. The molecule has 0 radical (unpaired) electrons. The van der Waals surface area contributed by atoms with E-state index in [2.05, 4.69) is 0 Å². The fraction of sp³-hybridized carbons (Fsp3) is 0.562. The zero-order chi connectivity index (χ0) is 13.5. The molecule has 0 amide bonds. The molecule has 1 aromatic carbocycles. The van der Waals surface area contributed by atoms with Crippen LogP contribution in [0, 0.1) is 0 Å². The molecule has 0 aromatic heterocycles. The van der Waals surface area contributed by atoms with Crippen molar-refractivity contribution in [1.29, 1.82) is 0 Å². The van der Waals surface area contributed by atoms with Crippen LogP contribution < -0.4 is 0 Å². The number of thioether (sulfide) groups is 1. The van der Waals surface area contributed by atoms with E-state index in [1.165, 1.54) is 32.1 Å². The Kier molecular flexibility index (Phi) is 5.77. The lowest BCUT2D eigenvalue weighted by Gasteiger charge is -2.25. The van der Waals surface area contributed by atoms with Crippen molar-refractivity contribution in [3.8, 4) is 0 Å². The predicted molar refractivity (Wildman–Crippen MR) is 80.3 cm³/mol. The molecule has 0 N–H and O–H groups in total. The summed E-state index contributed by atoms with van der Waals surface area (Å²) < 4.78 is 5.24. The minimum absolute atomic E-state index is 0.0933. The number of carbonyl (C=O) groups excluding carboxylic acids is 1. The summed E-state index contributed by atoms with van der Waals surface area (Å²) in [5.74, 6) is -0.0933. The highest BCUT2D eigenvalue weighted by molar-refractivity contribution is 8.00. The molecule has 0 aliphatic heterocycles. The average Bonchev–Trinajstić information content (AvgIpc) is 2.47. The van der Waals surface area contributed by atoms with Gasteiger partial charge in [-0.3, -0.25) is 4.79 Å². The van der Waals surface area contributed by atoms with Crippen molar-refractivity contribution in [2.45, 2.75) is 49.5 Å². The van der Waals surface area contributed by atoms with Crippen molar-refractivity contribution >= 4 is 17.7 Å². The smallest absolute Gasteiger partial charge is 0.323 e. The van der Waals surface area contributed by atoms with E-state index < -0.39 is 0 Å². The van der Waals surface area contributed by atoms with Crippen molar-refractivity contribution in [1.82, 2.24) is 0 Å². The van der Waals surface area contributed by atoms with Gasteiger partial charge in [-0.05, 0) is 25.3 Å². The summed E-state index contributed by atoms with van der Waals surface area (Å²) in [4.78, 5) is 12.2. The molecule has 0 saturated heterocycles. The van der Waals surface area contributed by atoms with Gasteiger partial charge in [-0.15, -0.1) is 11.8 Å². The van der Waals surface area contributed by atoms with Crippen molar-refractivity contribution in [3.05, 3.63) is 35.9 Å². The highest BCUT2D eigenvalue weighted by Crippen LogP contribution is 2.39. The van der Waals surface area contributed by atoms with Gasteiger partial charge in [0.15, 0.2) is 0 Å². The third kappa shape index (κ3) is 4.27. The summed E-state index contributed by atoms with van der Waals surface area (Å²) in [6.45, 7) is 2.32. The molecular weight excluding hydrogens is 256 g/mol. The topological polar surface area (TPSA) is 26.3 Å². The first-order valence-corrected chi connectivity index (χ1v) is 8.12. The number of benzene rings is 1. The number of hydrogen-bond donors (Lipinski definition) is 0. The first kappa shape index (κ1) is 14.4. The maximum Gasteiger partial charge on any atom is 0.323 e. The van der Waals surface area contributed by atoms with Gasteiger partial charge in [0, 0.05) is 5.25 Å². The standard InChI is InChI=1S/C16H22O2S/c1-2-18-16(17)15(13-9-5-3-6-10-13)19-14-11-7-4-8-12-14/h3,5-6,9-10,14-15H,2,4,7-8,11-12H2,1H3. The van der Waals surface area contributed by atoms with Gasteiger partial charge >= 0.3 is 5.97 Å². The highest BCUT2D eigenvalue weighted by Gasteiger charge is 2.27. The van der Waals surface area contributed by atoms with Gasteiger partial charge < -0.3 is 4.74 Å². The monoisotopic (exact) mass is 278 g/mol. The van der Waals surface area contributed by atoms with Gasteiger partial charge in [0.05, 0.1) is 6.61 Å². The van der Waals surface area contributed by atoms with Crippen LogP contribution in [0.1, 0.15) is 49.8 Å². The maximum absolute atomic E-state index is 12.2. The van der Waals surface area contributed by atoms with Gasteiger partial charge in [-0.25, -0.2) is 0 Å². The van der Waals surface area contributed by atoms with Crippen LogP contribution in [0.5, 0.6) is 0 Å². The summed E-state index contributed by atoms with van der Waals surface area (Å²) in [5.41, 5.74) is 1.07. The van der Waals surface area contributed by atoms with Crippen molar-refractivity contribution < 1.29 is 9.53 Å². The van der Waals surface area contributed by atoms with E-state index >= 15 is 0 Å². The maximum atomic E-state index is 12.2. The van der Waals surface area contributed by atoms with Gasteiger partial charge in [-0.1, -0.05) is 49.6 Å². The lowest BCUT2D eigenvalue weighted by molar-refractivity contribution is -0.142. The normalized spacial score (nSPS) is 17.9. The Labute approximate surface area is 119 Å². The van der Waals surface area contributed by atoms with E-state index in [1.807, 2.05) is 37.3 Å². The van der Waals surface area contributed by atoms with Gasteiger partial charge in [0.1, 0.15) is 5.25 Å². The Hall–Kier alpha value is -0.960. The second kappa shape index (κ2) is 7.59. The fourth-order valence-corrected chi connectivity index (χ4v) is 3.99. The lowest BCUT2D eigenvalue weighted by atomic mass is 10.0. The van der Waals surface area contributed by atoms with Gasteiger partial charge in [0.25, 0.3) is 0 Å². The quantitative estimate of drug-likeness (QED) is 0.749. The largest absolute Gasteiger partial charge is 0.465 e. The second-order valence-electron chi connectivity index (χ2n) is 4.94. The van der Waals surface area contributed by atoms with E-state index in [1.54, 1.807) is 11.8 Å². The Balaban J connectivity index is 2.07. The molecule has 1 atom stereocenters. The molecule has 1 aliphatic rings. The molecule has 1 aliphatic carbocycles. The number of rotatable bonds is 5. The van der Waals surface area contributed by atoms with Crippen LogP contribution in [0.15, 0.2) is 30.3 Å². The minimum Gasteiger partial charge on any atom is -0.465 e. The molecule has 2 rings (SSSR count). The number of esters is 1. The molecule has 1 aromatic rings. The molecule has 104 valence electrons. The summed E-state index contributed by atoms with van der Waals surface area (Å²) in [7, 11) is 0. The van der Waals surface area contributed by atoms with Gasteiger partial charge in [-0.2, -0.15) is 0 Å². The first-order valence-electron chi connectivity index (χ1n) is 7.18. The average molecular weight is 278 g/mol. The number of hydrogen-bond acceptors (Lipinski definition) is 3. The molecule has 0 bridgehead atoms. The second-order valence-corrected chi connectivity index (χ2v) is 6.35. The SMILES string of the molecule is CCOC(=O)C(SC1CCCCC1)c1ccccc1. The zero-order valence-corrected chi connectivity index (χ0v) is 12.3. The zero-order valence-electron chi connectivity index (χ0n) is 11.5. The lowest BCUT2D eigenvalue weighted by Crippen LogP contribution is -2.18. The molecule has 2 nitrogen and oxygen atoms in total. The molecule has 19 heavy (non-hydrogen) atoms. The van der Waals surface area contributed by atoms with E-state index in [0.717, 1.165) is 5.56 Å². The summed E-state index contributed by atoms with van der Waals surface area (Å²) in [5, 5.41) is 0.438. The minimum atomic E-state index is -0.163. The Bertz CT molecular complexity index is 385. The van der Waals surface area contributed by atoms with Crippen molar-refractivity contribution in [2.75, 3.05) is 6.61 Å². The molecule has 3 heteroatoms. The predicted octanol–water partition coefficient (Wildman–Crippen LogP) is 4.36. The van der Waals surface area contributed by atoms with Crippen LogP contribution >= 0.6 is 11.8 Å². The number of carbonyl (C=O) groups is 1. The molecule has 1 unspecified atom stereocenters. The molecule has 1 fully saturated rings. The van der Waals surface area contributed by atoms with E-state index in [4.69, 9.17) is 4.74 Å². The Morgan fingerprint density at radius 3 is 2.58 bits per heavy atom. The van der Waals surface area contributed by atoms with Crippen LogP contribution in [-0.2, 0) is 9.53 Å². The number of ether oxygens (including phenoxy) is 1. The van der Waals surface area contributed by atoms with Crippen molar-refractivity contribution in [2.24, 2.45) is 0 Å². The van der Waals surface area contributed by atoms with Crippen LogP contribution in [0.3, 0.4) is 0 Å². The molecule has 0 heterocycles.